The molecule has 0 aromatic heterocycles. The van der Waals surface area contributed by atoms with Crippen LogP contribution in [0.4, 0.5) is 11.4 Å². The minimum absolute atomic E-state index is 0.0219. The first-order valence-corrected chi connectivity index (χ1v) is 8.80. The van der Waals surface area contributed by atoms with E-state index < -0.39 is 23.4 Å². The van der Waals surface area contributed by atoms with Gasteiger partial charge in [-0.3, -0.25) is 14.9 Å². The van der Waals surface area contributed by atoms with E-state index in [-0.39, 0.29) is 28.8 Å². The summed E-state index contributed by atoms with van der Waals surface area (Å²) in [5.41, 5.74) is 0.830. The van der Waals surface area contributed by atoms with Gasteiger partial charge < -0.3 is 19.5 Å². The molecule has 9 nitrogen and oxygen atoms in total. The highest BCUT2D eigenvalue weighted by Gasteiger charge is 2.18. The first-order chi connectivity index (χ1) is 13.8. The minimum atomic E-state index is -0.700. The van der Waals surface area contributed by atoms with E-state index in [0.717, 1.165) is 5.56 Å². The van der Waals surface area contributed by atoms with Gasteiger partial charge in [0.25, 0.3) is 11.6 Å². The monoisotopic (exact) mass is 402 g/mol. The zero-order valence-corrected chi connectivity index (χ0v) is 16.3. The second-order valence-corrected chi connectivity index (χ2v) is 6.32. The molecular weight excluding hydrogens is 380 g/mol. The predicted octanol–water partition coefficient (Wildman–Crippen LogP) is 3.32. The number of hydrogen-bond donors (Lipinski definition) is 1. The number of nitrogens with zero attached hydrogens (tertiary/aromatic N) is 1. The van der Waals surface area contributed by atoms with Crippen molar-refractivity contribution >= 4 is 23.3 Å². The molecule has 154 valence electrons. The van der Waals surface area contributed by atoms with Gasteiger partial charge >= 0.3 is 5.97 Å². The Hall–Kier alpha value is -3.46. The van der Waals surface area contributed by atoms with Gasteiger partial charge in [-0.2, -0.15) is 0 Å². The Morgan fingerprint density at radius 3 is 2.41 bits per heavy atom. The molecule has 1 N–H and O–H groups in total. The number of amides is 1. The Bertz CT molecular complexity index is 879. The third kappa shape index (κ3) is 6.58. The van der Waals surface area contributed by atoms with Gasteiger partial charge in [-0.25, -0.2) is 4.79 Å². The number of nitro groups is 1. The summed E-state index contributed by atoms with van der Waals surface area (Å²) in [5, 5.41) is 13.5. The van der Waals surface area contributed by atoms with Crippen LogP contribution in [-0.2, 0) is 20.9 Å². The number of anilines is 1. The predicted molar refractivity (Wildman–Crippen MR) is 105 cm³/mol. The van der Waals surface area contributed by atoms with Crippen molar-refractivity contribution in [2.75, 3.05) is 19.0 Å². The van der Waals surface area contributed by atoms with Crippen molar-refractivity contribution in [1.82, 2.24) is 0 Å². The Morgan fingerprint density at radius 1 is 1.14 bits per heavy atom. The number of carbonyl (C=O) groups excluding carboxylic acids is 2. The Kier molecular flexibility index (Phi) is 7.67. The van der Waals surface area contributed by atoms with Crippen molar-refractivity contribution in [3.05, 3.63) is 63.7 Å². The van der Waals surface area contributed by atoms with Crippen LogP contribution >= 0.6 is 0 Å². The molecular formula is C20H22N2O7. The first-order valence-electron chi connectivity index (χ1n) is 8.80. The van der Waals surface area contributed by atoms with Gasteiger partial charge in [0.1, 0.15) is 11.4 Å². The highest BCUT2D eigenvalue weighted by Crippen LogP contribution is 2.28. The van der Waals surface area contributed by atoms with Crippen LogP contribution in [0.25, 0.3) is 0 Å². The van der Waals surface area contributed by atoms with E-state index in [2.05, 4.69) is 5.32 Å². The van der Waals surface area contributed by atoms with Crippen LogP contribution in [0.15, 0.2) is 42.5 Å². The molecule has 2 aromatic rings. The minimum Gasteiger partial charge on any atom is -0.496 e. The zero-order valence-electron chi connectivity index (χ0n) is 16.3. The topological polar surface area (TPSA) is 117 Å². The lowest BCUT2D eigenvalue weighted by molar-refractivity contribution is -0.384. The maximum atomic E-state index is 12.1. The molecule has 0 radical (unpaired) electrons. The standard InChI is InChI=1S/C20H22N2O7/c1-13(2)28-11-14-4-6-15(7-5-14)20(24)29-12-19(23)21-17-9-8-16(27-3)10-18(17)22(25)26/h4-10,13H,11-12H2,1-3H3,(H,21,23). The van der Waals surface area contributed by atoms with E-state index >= 15 is 0 Å². The fourth-order valence-corrected chi connectivity index (χ4v) is 2.30. The van der Waals surface area contributed by atoms with E-state index in [1.165, 1.54) is 25.3 Å². The smallest absolute Gasteiger partial charge is 0.338 e. The average Bonchev–Trinajstić information content (AvgIpc) is 2.71. The molecule has 0 saturated carbocycles. The molecule has 0 heterocycles. The van der Waals surface area contributed by atoms with Gasteiger partial charge in [0.05, 0.1) is 36.4 Å². The van der Waals surface area contributed by atoms with Crippen molar-refractivity contribution < 1.29 is 28.7 Å². The van der Waals surface area contributed by atoms with E-state index in [1.54, 1.807) is 24.3 Å². The van der Waals surface area contributed by atoms with Gasteiger partial charge in [0.2, 0.25) is 0 Å². The van der Waals surface area contributed by atoms with E-state index in [4.69, 9.17) is 14.2 Å². The lowest BCUT2D eigenvalue weighted by Crippen LogP contribution is -2.21. The number of ether oxygens (including phenoxy) is 3. The molecule has 0 unspecified atom stereocenters. The summed E-state index contributed by atoms with van der Waals surface area (Å²) in [6.07, 6.45) is 0.0969. The number of methoxy groups -OCH3 is 1. The summed E-state index contributed by atoms with van der Waals surface area (Å²) < 4.78 is 15.4. The first kappa shape index (κ1) is 21.8. The fraction of sp³-hybridized carbons (Fsp3) is 0.300. The van der Waals surface area contributed by atoms with Gasteiger partial charge in [0, 0.05) is 0 Å². The van der Waals surface area contributed by atoms with E-state index in [9.17, 15) is 19.7 Å². The van der Waals surface area contributed by atoms with E-state index in [0.29, 0.717) is 6.61 Å². The van der Waals surface area contributed by atoms with Crippen molar-refractivity contribution in [3.8, 4) is 5.75 Å². The fourth-order valence-electron chi connectivity index (χ4n) is 2.30. The summed E-state index contributed by atoms with van der Waals surface area (Å²) in [4.78, 5) is 34.6. The Balaban J connectivity index is 1.92. The molecule has 9 heteroatoms. The van der Waals surface area contributed by atoms with E-state index in [1.807, 2.05) is 13.8 Å². The van der Waals surface area contributed by atoms with Crippen molar-refractivity contribution in [2.24, 2.45) is 0 Å². The number of benzene rings is 2. The number of nitrogens with one attached hydrogen (secondary N) is 1. The Labute approximate surface area is 167 Å². The second-order valence-electron chi connectivity index (χ2n) is 6.32. The molecule has 0 aliphatic rings. The maximum Gasteiger partial charge on any atom is 0.338 e. The summed E-state index contributed by atoms with van der Waals surface area (Å²) in [7, 11) is 1.38. The SMILES string of the molecule is COc1ccc(NC(=O)COC(=O)c2ccc(COC(C)C)cc2)c([N+](=O)[O-])c1. The second kappa shape index (κ2) is 10.2. The lowest BCUT2D eigenvalue weighted by atomic mass is 10.1. The average molecular weight is 402 g/mol. The molecule has 0 aliphatic carbocycles. The summed E-state index contributed by atoms with van der Waals surface area (Å²) in [6, 6.07) is 10.6. The normalized spacial score (nSPS) is 10.5. The number of carbonyl (C=O) groups is 2. The molecule has 0 bridgehead atoms. The highest BCUT2D eigenvalue weighted by molar-refractivity contribution is 5.96. The van der Waals surface area contributed by atoms with Crippen LogP contribution in [-0.4, -0.2) is 36.6 Å². The number of rotatable bonds is 9. The number of esters is 1. The van der Waals surface area contributed by atoms with Gasteiger partial charge in [-0.1, -0.05) is 12.1 Å². The summed E-state index contributed by atoms with van der Waals surface area (Å²) >= 11 is 0. The van der Waals surface area contributed by atoms with Crippen LogP contribution < -0.4 is 10.1 Å². The Morgan fingerprint density at radius 2 is 1.83 bits per heavy atom. The van der Waals surface area contributed by atoms with Crippen LogP contribution in [0, 0.1) is 10.1 Å². The zero-order chi connectivity index (χ0) is 21.4. The molecule has 29 heavy (non-hydrogen) atoms. The third-order valence-corrected chi connectivity index (χ3v) is 3.78. The van der Waals surface area contributed by atoms with Crippen LogP contribution in [0.3, 0.4) is 0 Å². The largest absolute Gasteiger partial charge is 0.496 e. The molecule has 0 atom stereocenters. The lowest BCUT2D eigenvalue weighted by Gasteiger charge is -2.09. The molecule has 0 spiro atoms. The molecule has 1 amide bonds. The van der Waals surface area contributed by atoms with Crippen LogP contribution in [0.5, 0.6) is 5.75 Å². The van der Waals surface area contributed by atoms with Crippen molar-refractivity contribution in [1.29, 1.82) is 0 Å². The molecule has 0 fully saturated rings. The molecule has 0 aliphatic heterocycles. The number of hydrogen-bond acceptors (Lipinski definition) is 7. The van der Waals surface area contributed by atoms with Crippen molar-refractivity contribution in [2.45, 2.75) is 26.6 Å². The van der Waals surface area contributed by atoms with Gasteiger partial charge in [-0.15, -0.1) is 0 Å². The summed E-state index contributed by atoms with van der Waals surface area (Å²) in [5.74, 6) is -1.10. The van der Waals surface area contributed by atoms with Gasteiger partial charge in [0.15, 0.2) is 6.61 Å². The van der Waals surface area contributed by atoms with Crippen molar-refractivity contribution in [3.63, 3.8) is 0 Å². The number of nitro benzene ring substituents is 1. The molecule has 2 aromatic carbocycles. The summed E-state index contributed by atoms with van der Waals surface area (Å²) in [6.45, 7) is 3.70. The molecule has 0 saturated heterocycles. The van der Waals surface area contributed by atoms with Crippen LogP contribution in [0.2, 0.25) is 0 Å². The quantitative estimate of drug-likeness (QED) is 0.388. The van der Waals surface area contributed by atoms with Gasteiger partial charge in [-0.05, 0) is 43.7 Å². The van der Waals surface area contributed by atoms with Crippen LogP contribution in [0.1, 0.15) is 29.8 Å². The maximum absolute atomic E-state index is 12.1. The highest BCUT2D eigenvalue weighted by atomic mass is 16.6. The molecule has 2 rings (SSSR count). The third-order valence-electron chi connectivity index (χ3n) is 3.78.